The van der Waals surface area contributed by atoms with Gasteiger partial charge in [-0.25, -0.2) is 4.39 Å². The maximum absolute atomic E-state index is 15.4. The molecule has 6 nitrogen and oxygen atoms in total. The Morgan fingerprint density at radius 1 is 1.14 bits per heavy atom. The van der Waals surface area contributed by atoms with Gasteiger partial charge in [-0.2, -0.15) is 0 Å². The number of halogens is 1. The first kappa shape index (κ1) is 24.3. The van der Waals surface area contributed by atoms with Crippen LogP contribution in [0.2, 0.25) is 0 Å². The Kier molecular flexibility index (Phi) is 6.45. The van der Waals surface area contributed by atoms with Crippen LogP contribution in [0.4, 0.5) is 15.8 Å². The number of hydrogen-bond donors (Lipinski definition) is 4. The second kappa shape index (κ2) is 9.56. The summed E-state index contributed by atoms with van der Waals surface area (Å²) < 4.78 is 20.9. The lowest BCUT2D eigenvalue weighted by Gasteiger charge is -2.18. The second-order valence-electron chi connectivity index (χ2n) is 9.98. The molecule has 0 spiro atoms. The van der Waals surface area contributed by atoms with Crippen molar-refractivity contribution >= 4 is 22.3 Å². The van der Waals surface area contributed by atoms with Crippen LogP contribution in [0.3, 0.4) is 0 Å². The van der Waals surface area contributed by atoms with Crippen molar-refractivity contribution in [3.05, 3.63) is 82.6 Å². The fourth-order valence-electron chi connectivity index (χ4n) is 5.22. The third-order valence-corrected chi connectivity index (χ3v) is 7.08. The Balaban J connectivity index is 1.32. The molecule has 4 aromatic rings. The first-order valence-corrected chi connectivity index (χ1v) is 12.4. The van der Waals surface area contributed by atoms with E-state index in [0.717, 1.165) is 52.5 Å². The summed E-state index contributed by atoms with van der Waals surface area (Å²) in [5.41, 5.74) is 5.62. The summed E-state index contributed by atoms with van der Waals surface area (Å²) in [4.78, 5) is 7.61. The van der Waals surface area contributed by atoms with Gasteiger partial charge in [-0.15, -0.1) is 0 Å². The van der Waals surface area contributed by atoms with Crippen molar-refractivity contribution in [2.24, 2.45) is 0 Å². The lowest BCUT2D eigenvalue weighted by Crippen LogP contribution is -2.15. The number of aliphatic hydroxyl groups is 2. The molecule has 2 aromatic heterocycles. The molecule has 1 aliphatic carbocycles. The lowest BCUT2D eigenvalue weighted by molar-refractivity contribution is 0.0800. The summed E-state index contributed by atoms with van der Waals surface area (Å²) in [6.07, 6.45) is 6.56. The van der Waals surface area contributed by atoms with E-state index in [2.05, 4.69) is 21.4 Å². The highest BCUT2D eigenvalue weighted by Gasteiger charge is 2.25. The second-order valence-corrected chi connectivity index (χ2v) is 9.98. The van der Waals surface area contributed by atoms with Crippen LogP contribution in [-0.2, 0) is 24.9 Å². The van der Waals surface area contributed by atoms with Crippen molar-refractivity contribution in [2.75, 3.05) is 12.4 Å². The van der Waals surface area contributed by atoms with Crippen LogP contribution >= 0.6 is 0 Å². The summed E-state index contributed by atoms with van der Waals surface area (Å²) in [6.45, 7) is 3.56. The zero-order valence-corrected chi connectivity index (χ0v) is 20.9. The Morgan fingerprint density at radius 3 is 2.72 bits per heavy atom. The minimum Gasteiger partial charge on any atom is -0.492 e. The molecule has 0 bridgehead atoms. The number of aromatic nitrogens is 2. The minimum atomic E-state index is -0.937. The summed E-state index contributed by atoms with van der Waals surface area (Å²) in [5, 5.41) is 25.0. The van der Waals surface area contributed by atoms with E-state index in [1.165, 1.54) is 7.11 Å². The highest BCUT2D eigenvalue weighted by atomic mass is 19.1. The van der Waals surface area contributed by atoms with Crippen LogP contribution in [0, 0.1) is 5.82 Å². The number of fused-ring (bicyclic) bond motifs is 2. The smallest absolute Gasteiger partial charge is 0.178 e. The van der Waals surface area contributed by atoms with Gasteiger partial charge in [-0.3, -0.25) is 4.98 Å². The third kappa shape index (κ3) is 4.45. The largest absolute Gasteiger partial charge is 0.492 e. The number of hydrogen-bond acceptors (Lipinski definition) is 5. The molecule has 188 valence electrons. The van der Waals surface area contributed by atoms with Crippen molar-refractivity contribution in [3.63, 3.8) is 0 Å². The molecular formula is C29H32FN3O3. The lowest BCUT2D eigenvalue weighted by atomic mass is 9.95. The highest BCUT2D eigenvalue weighted by molar-refractivity contribution is 5.86. The first-order valence-electron chi connectivity index (χ1n) is 12.4. The summed E-state index contributed by atoms with van der Waals surface area (Å²) in [7, 11) is 1.47. The van der Waals surface area contributed by atoms with E-state index in [1.807, 2.05) is 30.5 Å². The molecule has 0 fully saturated rings. The molecule has 2 aromatic carbocycles. The van der Waals surface area contributed by atoms with E-state index in [1.54, 1.807) is 26.1 Å². The number of benzene rings is 2. The number of aliphatic hydroxyl groups excluding tert-OH is 1. The quantitative estimate of drug-likeness (QED) is 0.250. The van der Waals surface area contributed by atoms with Gasteiger partial charge in [0.25, 0.3) is 0 Å². The van der Waals surface area contributed by atoms with Crippen LogP contribution < -0.4 is 10.1 Å². The first-order chi connectivity index (χ1) is 17.3. The molecule has 4 N–H and O–H groups in total. The molecule has 5 rings (SSSR count). The highest BCUT2D eigenvalue weighted by Crippen LogP contribution is 2.38. The Morgan fingerprint density at radius 2 is 1.94 bits per heavy atom. The normalized spacial score (nSPS) is 15.3. The molecule has 1 unspecified atom stereocenters. The number of ether oxygens (including phenoxy) is 1. The number of aromatic amines is 1. The predicted molar refractivity (Wildman–Crippen MR) is 139 cm³/mol. The molecule has 1 aliphatic rings. The zero-order chi connectivity index (χ0) is 25.4. The van der Waals surface area contributed by atoms with Crippen molar-refractivity contribution in [2.45, 2.75) is 57.7 Å². The number of anilines is 2. The van der Waals surface area contributed by atoms with E-state index >= 15 is 4.39 Å². The number of H-pyrrole nitrogens is 1. The number of pyridine rings is 1. The SMILES string of the molecule is COc1c(Nc2ccnc3c2CCC3O)ccc(CCCc2c[nH]c3c(C(C)(C)O)cccc23)c1F. The summed E-state index contributed by atoms with van der Waals surface area (Å²) >= 11 is 0. The minimum absolute atomic E-state index is 0.179. The molecular weight excluding hydrogens is 457 g/mol. The number of rotatable bonds is 8. The van der Waals surface area contributed by atoms with E-state index in [-0.39, 0.29) is 11.6 Å². The topological polar surface area (TPSA) is 90.4 Å². The van der Waals surface area contributed by atoms with Gasteiger partial charge in [0.2, 0.25) is 0 Å². The molecule has 0 radical (unpaired) electrons. The van der Waals surface area contributed by atoms with E-state index < -0.39 is 11.7 Å². The Labute approximate surface area is 210 Å². The third-order valence-electron chi connectivity index (χ3n) is 7.08. The average molecular weight is 490 g/mol. The van der Waals surface area contributed by atoms with E-state index in [9.17, 15) is 10.2 Å². The Bertz CT molecular complexity index is 1410. The number of methoxy groups -OCH3 is 1. The van der Waals surface area contributed by atoms with Crippen molar-refractivity contribution in [1.82, 2.24) is 9.97 Å². The molecule has 2 heterocycles. The number of aryl methyl sites for hydroxylation is 2. The van der Waals surface area contributed by atoms with Crippen molar-refractivity contribution in [1.29, 1.82) is 0 Å². The van der Waals surface area contributed by atoms with Gasteiger partial charge in [0.05, 0.1) is 35.7 Å². The molecule has 0 saturated carbocycles. The van der Waals surface area contributed by atoms with E-state index in [0.29, 0.717) is 29.8 Å². The molecule has 0 aliphatic heterocycles. The van der Waals surface area contributed by atoms with Gasteiger partial charge in [0.15, 0.2) is 11.6 Å². The fraction of sp³-hybridized carbons (Fsp3) is 0.345. The van der Waals surface area contributed by atoms with Gasteiger partial charge in [0, 0.05) is 29.0 Å². The fourth-order valence-corrected chi connectivity index (χ4v) is 5.22. The molecule has 7 heteroatoms. The van der Waals surface area contributed by atoms with Crippen LogP contribution in [0.1, 0.15) is 60.7 Å². The number of para-hydroxylation sites is 1. The average Bonchev–Trinajstić information content (AvgIpc) is 3.44. The van der Waals surface area contributed by atoms with Crippen molar-refractivity contribution < 1.29 is 19.3 Å². The monoisotopic (exact) mass is 489 g/mol. The maximum Gasteiger partial charge on any atom is 0.178 e. The molecule has 1 atom stereocenters. The van der Waals surface area contributed by atoms with Crippen molar-refractivity contribution in [3.8, 4) is 5.75 Å². The van der Waals surface area contributed by atoms with Gasteiger partial charge in [0.1, 0.15) is 0 Å². The van der Waals surface area contributed by atoms with Gasteiger partial charge >= 0.3 is 0 Å². The summed E-state index contributed by atoms with van der Waals surface area (Å²) in [6, 6.07) is 11.4. The van der Waals surface area contributed by atoms with Crippen LogP contribution in [0.5, 0.6) is 5.75 Å². The zero-order valence-electron chi connectivity index (χ0n) is 20.9. The number of nitrogens with zero attached hydrogens (tertiary/aromatic N) is 1. The van der Waals surface area contributed by atoms with Crippen LogP contribution in [0.15, 0.2) is 48.8 Å². The molecule has 0 saturated heterocycles. The molecule has 36 heavy (non-hydrogen) atoms. The Hall–Kier alpha value is -3.42. The van der Waals surface area contributed by atoms with Gasteiger partial charge < -0.3 is 25.3 Å². The molecule has 0 amide bonds. The van der Waals surface area contributed by atoms with Gasteiger partial charge in [-0.1, -0.05) is 24.3 Å². The standard InChI is InChI=1S/C29H32FN3O3/c1-29(2,35)21-9-5-8-19-18(16-32-26(19)21)7-4-6-17-10-12-23(28(36-3)25(17)30)33-22-14-15-31-27-20(22)11-13-24(27)34/h5,8-10,12,14-16,24,32,34-35H,4,6-7,11,13H2,1-3H3,(H,31,33). The van der Waals surface area contributed by atoms with E-state index in [4.69, 9.17) is 4.74 Å². The predicted octanol–water partition coefficient (Wildman–Crippen LogP) is 5.84. The maximum atomic E-state index is 15.4. The van der Waals surface area contributed by atoms with Gasteiger partial charge in [-0.05, 0) is 74.8 Å². The van der Waals surface area contributed by atoms with Crippen LogP contribution in [-0.4, -0.2) is 27.3 Å². The number of nitrogens with one attached hydrogen (secondary N) is 2. The van der Waals surface area contributed by atoms with Crippen LogP contribution in [0.25, 0.3) is 10.9 Å². The summed E-state index contributed by atoms with van der Waals surface area (Å²) in [5.74, 6) is -0.185.